The third-order valence-corrected chi connectivity index (χ3v) is 3.60. The summed E-state index contributed by atoms with van der Waals surface area (Å²) in [7, 11) is 0. The molecule has 0 aromatic heterocycles. The second kappa shape index (κ2) is 5.82. The summed E-state index contributed by atoms with van der Waals surface area (Å²) in [5.41, 5.74) is 6.09. The average molecular weight is 314 g/mol. The van der Waals surface area contributed by atoms with E-state index in [-0.39, 0.29) is 12.6 Å². The van der Waals surface area contributed by atoms with Crippen molar-refractivity contribution >= 4 is 21.9 Å². The fourth-order valence-electron chi connectivity index (χ4n) is 1.81. The first-order valence-corrected chi connectivity index (χ1v) is 6.68. The molecule has 98 valence electrons. The van der Waals surface area contributed by atoms with Crippen molar-refractivity contribution < 1.29 is 14.3 Å². The minimum absolute atomic E-state index is 0.256. The largest absolute Gasteiger partial charge is 0.459 e. The molecule has 2 rings (SSSR count). The number of hydrogen-bond acceptors (Lipinski definition) is 4. The molecule has 1 fully saturated rings. The molecule has 18 heavy (non-hydrogen) atoms. The molecule has 0 atom stereocenters. The molecule has 2 N–H and O–H groups in total. The predicted octanol–water partition coefficient (Wildman–Crippen LogP) is 2.00. The Kier molecular flexibility index (Phi) is 4.37. The van der Waals surface area contributed by atoms with Crippen LogP contribution in [0.25, 0.3) is 0 Å². The first-order valence-electron chi connectivity index (χ1n) is 5.88. The molecule has 1 aromatic carbocycles. The third kappa shape index (κ3) is 3.31. The Morgan fingerprint density at radius 2 is 1.94 bits per heavy atom. The van der Waals surface area contributed by atoms with Crippen molar-refractivity contribution in [2.45, 2.75) is 25.0 Å². The van der Waals surface area contributed by atoms with Gasteiger partial charge in [-0.05, 0) is 30.5 Å². The molecule has 0 amide bonds. The zero-order valence-corrected chi connectivity index (χ0v) is 11.6. The summed E-state index contributed by atoms with van der Waals surface area (Å²) in [5, 5.41) is 0. The topological polar surface area (TPSA) is 61.6 Å². The van der Waals surface area contributed by atoms with Gasteiger partial charge in [-0.3, -0.25) is 4.79 Å². The van der Waals surface area contributed by atoms with Crippen molar-refractivity contribution in [1.82, 2.24) is 0 Å². The highest BCUT2D eigenvalue weighted by Gasteiger charge is 2.37. The van der Waals surface area contributed by atoms with Gasteiger partial charge in [-0.1, -0.05) is 28.1 Å². The number of hydrogen-bond donors (Lipinski definition) is 1. The monoisotopic (exact) mass is 313 g/mol. The van der Waals surface area contributed by atoms with Crippen LogP contribution in [0.2, 0.25) is 0 Å². The Labute approximate surface area is 115 Å². The Morgan fingerprint density at radius 1 is 1.33 bits per heavy atom. The van der Waals surface area contributed by atoms with Crippen LogP contribution in [0, 0.1) is 0 Å². The molecule has 0 aliphatic carbocycles. The molecule has 1 aromatic rings. The lowest BCUT2D eigenvalue weighted by molar-refractivity contribution is -0.155. The van der Waals surface area contributed by atoms with Crippen LogP contribution in [-0.2, 0) is 20.9 Å². The number of benzene rings is 1. The van der Waals surface area contributed by atoms with Gasteiger partial charge in [0.05, 0.1) is 0 Å². The highest BCUT2D eigenvalue weighted by molar-refractivity contribution is 9.10. The van der Waals surface area contributed by atoms with E-state index in [9.17, 15) is 4.79 Å². The van der Waals surface area contributed by atoms with Crippen LogP contribution >= 0.6 is 15.9 Å². The maximum absolute atomic E-state index is 11.9. The highest BCUT2D eigenvalue weighted by Crippen LogP contribution is 2.20. The number of rotatable bonds is 3. The number of nitrogens with two attached hydrogens (primary N) is 1. The molecule has 5 heteroatoms. The quantitative estimate of drug-likeness (QED) is 0.867. The van der Waals surface area contributed by atoms with Crippen molar-refractivity contribution in [3.63, 3.8) is 0 Å². The van der Waals surface area contributed by atoms with Crippen LogP contribution in [0.15, 0.2) is 28.7 Å². The molecule has 1 heterocycles. The van der Waals surface area contributed by atoms with Crippen molar-refractivity contribution in [2.24, 2.45) is 5.73 Å². The van der Waals surface area contributed by atoms with E-state index in [0.717, 1.165) is 10.0 Å². The van der Waals surface area contributed by atoms with Gasteiger partial charge in [-0.15, -0.1) is 0 Å². The summed E-state index contributed by atoms with van der Waals surface area (Å²) in [6.45, 7) is 1.29. The van der Waals surface area contributed by atoms with Crippen LogP contribution in [0.5, 0.6) is 0 Å². The smallest absolute Gasteiger partial charge is 0.326 e. The molecular formula is C13H16BrNO3. The Bertz CT molecular complexity index is 413. The maximum Gasteiger partial charge on any atom is 0.326 e. The van der Waals surface area contributed by atoms with Crippen LogP contribution in [0.3, 0.4) is 0 Å². The summed E-state index contributed by atoms with van der Waals surface area (Å²) in [6.07, 6.45) is 1.04. The number of carbonyl (C=O) groups is 1. The second-order valence-corrected chi connectivity index (χ2v) is 5.39. The molecule has 1 aliphatic rings. The standard InChI is InChI=1S/C13H16BrNO3/c14-11-3-1-10(2-4-11)9-18-12(16)13(15)5-7-17-8-6-13/h1-4H,5-9,15H2. The Morgan fingerprint density at radius 3 is 2.56 bits per heavy atom. The fraction of sp³-hybridized carbons (Fsp3) is 0.462. The van der Waals surface area contributed by atoms with E-state index in [4.69, 9.17) is 15.2 Å². The van der Waals surface area contributed by atoms with Crippen LogP contribution in [-0.4, -0.2) is 24.7 Å². The first kappa shape index (κ1) is 13.5. The summed E-state index contributed by atoms with van der Waals surface area (Å²) >= 11 is 3.35. The highest BCUT2D eigenvalue weighted by atomic mass is 79.9. The van der Waals surface area contributed by atoms with E-state index < -0.39 is 5.54 Å². The van der Waals surface area contributed by atoms with Gasteiger partial charge in [0.25, 0.3) is 0 Å². The average Bonchev–Trinajstić information content (AvgIpc) is 2.38. The van der Waals surface area contributed by atoms with Gasteiger partial charge < -0.3 is 15.2 Å². The van der Waals surface area contributed by atoms with Gasteiger partial charge in [-0.25, -0.2) is 0 Å². The van der Waals surface area contributed by atoms with E-state index in [1.165, 1.54) is 0 Å². The van der Waals surface area contributed by atoms with Gasteiger partial charge in [0, 0.05) is 17.7 Å². The zero-order chi connectivity index (χ0) is 13.0. The molecule has 0 radical (unpaired) electrons. The SMILES string of the molecule is NC1(C(=O)OCc2ccc(Br)cc2)CCOCC1. The molecule has 1 saturated heterocycles. The predicted molar refractivity (Wildman–Crippen MR) is 70.9 cm³/mol. The molecule has 0 unspecified atom stereocenters. The van der Waals surface area contributed by atoms with Gasteiger partial charge in [0.2, 0.25) is 0 Å². The third-order valence-electron chi connectivity index (χ3n) is 3.07. The number of halogens is 1. The second-order valence-electron chi connectivity index (χ2n) is 4.47. The van der Waals surface area contributed by atoms with E-state index in [0.29, 0.717) is 26.1 Å². The Hall–Kier alpha value is -0.910. The van der Waals surface area contributed by atoms with E-state index in [1.54, 1.807) is 0 Å². The fourth-order valence-corrected chi connectivity index (χ4v) is 2.08. The van der Waals surface area contributed by atoms with Crippen molar-refractivity contribution in [3.05, 3.63) is 34.3 Å². The minimum Gasteiger partial charge on any atom is -0.459 e. The molecular weight excluding hydrogens is 298 g/mol. The lowest BCUT2D eigenvalue weighted by Crippen LogP contribution is -2.52. The van der Waals surface area contributed by atoms with Crippen LogP contribution in [0.1, 0.15) is 18.4 Å². The zero-order valence-electron chi connectivity index (χ0n) is 10.0. The molecule has 0 bridgehead atoms. The van der Waals surface area contributed by atoms with Gasteiger partial charge in [-0.2, -0.15) is 0 Å². The van der Waals surface area contributed by atoms with Crippen molar-refractivity contribution in [1.29, 1.82) is 0 Å². The number of carbonyl (C=O) groups excluding carboxylic acids is 1. The normalized spacial score (nSPS) is 18.3. The first-order chi connectivity index (χ1) is 8.60. The van der Waals surface area contributed by atoms with Gasteiger partial charge in [0.1, 0.15) is 12.1 Å². The molecule has 0 saturated carbocycles. The van der Waals surface area contributed by atoms with E-state index in [1.807, 2.05) is 24.3 Å². The summed E-state index contributed by atoms with van der Waals surface area (Å²) in [5.74, 6) is -0.339. The minimum atomic E-state index is -0.881. The number of esters is 1. The van der Waals surface area contributed by atoms with Gasteiger partial charge in [0.15, 0.2) is 0 Å². The molecule has 0 spiro atoms. The maximum atomic E-state index is 11.9. The molecule has 1 aliphatic heterocycles. The lowest BCUT2D eigenvalue weighted by atomic mass is 9.92. The van der Waals surface area contributed by atoms with Crippen LogP contribution < -0.4 is 5.73 Å². The molecule has 4 nitrogen and oxygen atoms in total. The van der Waals surface area contributed by atoms with E-state index in [2.05, 4.69) is 15.9 Å². The summed E-state index contributed by atoms with van der Waals surface area (Å²) < 4.78 is 11.5. The van der Waals surface area contributed by atoms with Gasteiger partial charge >= 0.3 is 5.97 Å². The lowest BCUT2D eigenvalue weighted by Gasteiger charge is -2.30. The van der Waals surface area contributed by atoms with E-state index >= 15 is 0 Å². The van der Waals surface area contributed by atoms with Crippen LogP contribution in [0.4, 0.5) is 0 Å². The summed E-state index contributed by atoms with van der Waals surface area (Å²) in [4.78, 5) is 11.9. The Balaban J connectivity index is 1.89. The van der Waals surface area contributed by atoms with Crippen molar-refractivity contribution in [2.75, 3.05) is 13.2 Å². The summed E-state index contributed by atoms with van der Waals surface area (Å²) in [6, 6.07) is 7.64. The van der Waals surface area contributed by atoms with Crippen molar-refractivity contribution in [3.8, 4) is 0 Å². The number of ether oxygens (including phenoxy) is 2.